The number of hydrogen-bond donors (Lipinski definition) is 0. The van der Waals surface area contributed by atoms with Crippen molar-refractivity contribution in [2.24, 2.45) is 11.3 Å². The predicted molar refractivity (Wildman–Crippen MR) is 79.9 cm³/mol. The fourth-order valence-corrected chi connectivity index (χ4v) is 1.79. The molecule has 0 aliphatic rings. The lowest BCUT2D eigenvalue weighted by Crippen LogP contribution is -2.23. The minimum absolute atomic E-state index is 0.122. The van der Waals surface area contributed by atoms with E-state index in [1.165, 1.54) is 0 Å². The number of esters is 1. The third-order valence-corrected chi connectivity index (χ3v) is 3.30. The summed E-state index contributed by atoms with van der Waals surface area (Å²) in [5.74, 6) is 3.63. The summed E-state index contributed by atoms with van der Waals surface area (Å²) in [6.07, 6.45) is 1.79. The summed E-state index contributed by atoms with van der Waals surface area (Å²) in [6.45, 7) is 15.0. The lowest BCUT2D eigenvalue weighted by molar-refractivity contribution is -0.153. The standard InChI is InChI=1S/C15H28O2Si/c1-13(9-8-12-18(5,6)7)10-11-17-14(16)15(2,3)4/h13H,9-11H2,1-7H3. The molecule has 18 heavy (non-hydrogen) atoms. The lowest BCUT2D eigenvalue weighted by Gasteiger charge is -2.17. The van der Waals surface area contributed by atoms with Gasteiger partial charge in [0.1, 0.15) is 8.07 Å². The van der Waals surface area contributed by atoms with Crippen LogP contribution in [0, 0.1) is 22.8 Å². The number of rotatable bonds is 4. The van der Waals surface area contributed by atoms with E-state index in [1.807, 2.05) is 20.8 Å². The highest BCUT2D eigenvalue weighted by Crippen LogP contribution is 2.16. The Kier molecular flexibility index (Phi) is 6.70. The van der Waals surface area contributed by atoms with Gasteiger partial charge in [0.2, 0.25) is 0 Å². The van der Waals surface area contributed by atoms with Gasteiger partial charge in [-0.25, -0.2) is 0 Å². The van der Waals surface area contributed by atoms with Crippen LogP contribution in [0.4, 0.5) is 0 Å². The molecule has 0 rings (SSSR count). The lowest BCUT2D eigenvalue weighted by atomic mass is 9.97. The van der Waals surface area contributed by atoms with Crippen molar-refractivity contribution in [1.29, 1.82) is 0 Å². The van der Waals surface area contributed by atoms with Crippen molar-refractivity contribution in [2.45, 2.75) is 60.2 Å². The van der Waals surface area contributed by atoms with Crippen molar-refractivity contribution in [3.63, 3.8) is 0 Å². The summed E-state index contributed by atoms with van der Waals surface area (Å²) in [5.41, 5.74) is 2.96. The second kappa shape index (κ2) is 6.99. The topological polar surface area (TPSA) is 26.3 Å². The number of carbonyl (C=O) groups is 1. The zero-order valence-electron chi connectivity index (χ0n) is 13.0. The maximum Gasteiger partial charge on any atom is 0.311 e. The van der Waals surface area contributed by atoms with Crippen LogP contribution in [0.1, 0.15) is 40.5 Å². The highest BCUT2D eigenvalue weighted by atomic mass is 28.3. The molecule has 2 nitrogen and oxygen atoms in total. The molecule has 0 radical (unpaired) electrons. The molecule has 3 heteroatoms. The molecular formula is C15H28O2Si. The highest BCUT2D eigenvalue weighted by molar-refractivity contribution is 6.83. The summed E-state index contributed by atoms with van der Waals surface area (Å²) in [7, 11) is -1.24. The normalized spacial score (nSPS) is 13.5. The average Bonchev–Trinajstić information content (AvgIpc) is 2.13. The average molecular weight is 268 g/mol. The molecule has 1 atom stereocenters. The first-order valence-electron chi connectivity index (χ1n) is 6.69. The first kappa shape index (κ1) is 17.2. The molecule has 0 aliphatic heterocycles. The smallest absolute Gasteiger partial charge is 0.311 e. The Labute approximate surface area is 114 Å². The van der Waals surface area contributed by atoms with Crippen LogP contribution in [0.15, 0.2) is 0 Å². The van der Waals surface area contributed by atoms with Crippen LogP contribution in [0.2, 0.25) is 19.6 Å². The zero-order valence-corrected chi connectivity index (χ0v) is 14.0. The van der Waals surface area contributed by atoms with E-state index in [1.54, 1.807) is 0 Å². The Balaban J connectivity index is 3.88. The summed E-state index contributed by atoms with van der Waals surface area (Å²) < 4.78 is 5.25. The fraction of sp³-hybridized carbons (Fsp3) is 0.800. The van der Waals surface area contributed by atoms with Gasteiger partial charge in [-0.3, -0.25) is 4.79 Å². The predicted octanol–water partition coefficient (Wildman–Crippen LogP) is 3.87. The summed E-state index contributed by atoms with van der Waals surface area (Å²) in [5, 5.41) is 0. The van der Waals surface area contributed by atoms with E-state index in [0.717, 1.165) is 12.8 Å². The fourth-order valence-electron chi connectivity index (χ4n) is 1.16. The molecule has 0 spiro atoms. The number of ether oxygens (including phenoxy) is 1. The maximum atomic E-state index is 11.5. The molecule has 1 unspecified atom stereocenters. The Bertz CT molecular complexity index is 323. The molecule has 0 heterocycles. The summed E-state index contributed by atoms with van der Waals surface area (Å²) >= 11 is 0. The molecule has 104 valence electrons. The molecule has 0 aliphatic carbocycles. The molecule has 0 aromatic carbocycles. The van der Waals surface area contributed by atoms with Crippen molar-refractivity contribution < 1.29 is 9.53 Å². The van der Waals surface area contributed by atoms with E-state index in [9.17, 15) is 4.79 Å². The number of carbonyl (C=O) groups excluding carboxylic acids is 1. The van der Waals surface area contributed by atoms with Gasteiger partial charge in [0, 0.05) is 6.42 Å². The van der Waals surface area contributed by atoms with Crippen molar-refractivity contribution >= 4 is 14.0 Å². The van der Waals surface area contributed by atoms with Gasteiger partial charge in [-0.1, -0.05) is 26.6 Å². The van der Waals surface area contributed by atoms with Gasteiger partial charge in [0.15, 0.2) is 0 Å². The van der Waals surface area contributed by atoms with E-state index in [-0.39, 0.29) is 5.97 Å². The van der Waals surface area contributed by atoms with Crippen LogP contribution >= 0.6 is 0 Å². The SMILES string of the molecule is CC(CC#C[Si](C)(C)C)CCOC(=O)C(C)(C)C. The molecule has 0 N–H and O–H groups in total. The van der Waals surface area contributed by atoms with E-state index in [4.69, 9.17) is 4.74 Å². The van der Waals surface area contributed by atoms with Crippen molar-refractivity contribution in [2.75, 3.05) is 6.61 Å². The van der Waals surface area contributed by atoms with E-state index in [2.05, 4.69) is 38.0 Å². The van der Waals surface area contributed by atoms with E-state index >= 15 is 0 Å². The zero-order chi connectivity index (χ0) is 14.4. The third-order valence-electron chi connectivity index (χ3n) is 2.37. The Morgan fingerprint density at radius 3 is 2.28 bits per heavy atom. The molecule has 0 bridgehead atoms. The maximum absolute atomic E-state index is 11.5. The third kappa shape index (κ3) is 9.29. The monoisotopic (exact) mass is 268 g/mol. The van der Waals surface area contributed by atoms with E-state index < -0.39 is 13.5 Å². The molecular weight excluding hydrogens is 240 g/mol. The minimum Gasteiger partial charge on any atom is -0.465 e. The molecule has 0 saturated carbocycles. The largest absolute Gasteiger partial charge is 0.465 e. The van der Waals surface area contributed by atoms with Gasteiger partial charge in [-0.2, -0.15) is 0 Å². The van der Waals surface area contributed by atoms with Gasteiger partial charge in [0.25, 0.3) is 0 Å². The molecule has 0 aromatic rings. The second-order valence-corrected chi connectivity index (χ2v) is 11.8. The summed E-state index contributed by atoms with van der Waals surface area (Å²) in [6, 6.07) is 0. The molecule has 0 amide bonds. The summed E-state index contributed by atoms with van der Waals surface area (Å²) in [4.78, 5) is 11.5. The van der Waals surface area contributed by atoms with Crippen molar-refractivity contribution in [3.8, 4) is 11.5 Å². The van der Waals surface area contributed by atoms with Gasteiger partial charge in [-0.15, -0.1) is 11.5 Å². The van der Waals surface area contributed by atoms with Gasteiger partial charge in [0.05, 0.1) is 12.0 Å². The van der Waals surface area contributed by atoms with E-state index in [0.29, 0.717) is 12.5 Å². The molecule has 0 fully saturated rings. The van der Waals surface area contributed by atoms with Crippen LogP contribution in [0.3, 0.4) is 0 Å². The van der Waals surface area contributed by atoms with Crippen LogP contribution in [0.25, 0.3) is 0 Å². The van der Waals surface area contributed by atoms with Gasteiger partial charge >= 0.3 is 5.97 Å². The highest BCUT2D eigenvalue weighted by Gasteiger charge is 2.22. The van der Waals surface area contributed by atoms with Crippen LogP contribution < -0.4 is 0 Å². The second-order valence-electron chi connectivity index (χ2n) is 7.04. The minimum atomic E-state index is -1.24. The van der Waals surface area contributed by atoms with Crippen molar-refractivity contribution in [3.05, 3.63) is 0 Å². The Hall–Kier alpha value is -0.753. The Morgan fingerprint density at radius 2 is 1.83 bits per heavy atom. The van der Waals surface area contributed by atoms with Gasteiger partial charge < -0.3 is 4.74 Å². The quantitative estimate of drug-likeness (QED) is 0.439. The first-order chi connectivity index (χ1) is 8.02. The van der Waals surface area contributed by atoms with Crippen LogP contribution in [-0.2, 0) is 9.53 Å². The first-order valence-corrected chi connectivity index (χ1v) is 10.2. The number of hydrogen-bond acceptors (Lipinski definition) is 2. The molecule has 0 aromatic heterocycles. The van der Waals surface area contributed by atoms with Crippen LogP contribution in [0.5, 0.6) is 0 Å². The Morgan fingerprint density at radius 1 is 1.28 bits per heavy atom. The van der Waals surface area contributed by atoms with Crippen molar-refractivity contribution in [1.82, 2.24) is 0 Å². The van der Waals surface area contributed by atoms with Crippen LogP contribution in [-0.4, -0.2) is 20.7 Å². The van der Waals surface area contributed by atoms with Gasteiger partial charge in [-0.05, 0) is 33.1 Å². The molecule has 0 saturated heterocycles.